The molecule has 1 saturated heterocycles. The molecule has 1 heterocycles. The van der Waals surface area contributed by atoms with Crippen LogP contribution in [0.3, 0.4) is 0 Å². The Balaban J connectivity index is 1.71. The number of benzene rings is 1. The normalized spacial score (nSPS) is 17.7. The highest BCUT2D eigenvalue weighted by molar-refractivity contribution is 5.98. The van der Waals surface area contributed by atoms with Crippen LogP contribution in [-0.4, -0.2) is 192 Å². The average molecular weight is 1160 g/mol. The zero-order valence-electron chi connectivity index (χ0n) is 48.7. The van der Waals surface area contributed by atoms with Gasteiger partial charge in [0.05, 0.1) is 84.6 Å². The molecule has 1 aromatic rings. The van der Waals surface area contributed by atoms with E-state index in [4.69, 9.17) is 38.6 Å². The van der Waals surface area contributed by atoms with E-state index in [-0.39, 0.29) is 103 Å². The molecular weight excluding hydrogens is 1070 g/mol. The Labute approximate surface area is 481 Å². The standard InChI is InChI=1S/C57H91N7O18/c1-6-43(58)17-10-11-18-45-49(67)20-22-51(69)61-47(36-40(2)65)53(71)64-48(37-41-14-8-7-9-15-41)54(72)63-46(52(70)62-45)19-21-50(68)59-24-25-76-26-27-77-28-29-78-30-31-79-32-33-80-34-35-81-39-44(66)38-42(55(73)74)16-12-13-23-60-56(75)82-57(3,4)5/h7-9,14-15,42,45-48,58H,6,10-13,16-39H2,1-5H3,(H,59,68)(H,60,75)(H,61,69)(H,62,70)(H,63,72)(H,64,71)(H,73,74)/t42-,45+,46+,47+,48-/m1/s1. The van der Waals surface area contributed by atoms with Gasteiger partial charge in [0.1, 0.15) is 36.1 Å². The Morgan fingerprint density at radius 2 is 1.21 bits per heavy atom. The van der Waals surface area contributed by atoms with E-state index in [1.165, 1.54) is 6.92 Å². The summed E-state index contributed by atoms with van der Waals surface area (Å²) in [4.78, 5) is 129. The number of carbonyl (C=O) groups excluding carboxylic acids is 9. The molecule has 0 spiro atoms. The molecule has 0 bridgehead atoms. The second-order valence-electron chi connectivity index (χ2n) is 20.8. The fourth-order valence-electron chi connectivity index (χ4n) is 8.08. The molecule has 0 unspecified atom stereocenters. The summed E-state index contributed by atoms with van der Waals surface area (Å²) in [5.41, 5.74) is 0.598. The number of aliphatic carboxylic acids is 1. The largest absolute Gasteiger partial charge is 0.481 e. The highest BCUT2D eigenvalue weighted by Gasteiger charge is 2.33. The van der Waals surface area contributed by atoms with Crippen molar-refractivity contribution in [2.75, 3.05) is 92.4 Å². The van der Waals surface area contributed by atoms with Gasteiger partial charge in [0, 0.05) is 57.3 Å². The Morgan fingerprint density at radius 3 is 1.79 bits per heavy atom. The quantitative estimate of drug-likeness (QED) is 0.0345. The molecule has 1 aliphatic rings. The van der Waals surface area contributed by atoms with E-state index < -0.39 is 88.9 Å². The van der Waals surface area contributed by atoms with Crippen molar-refractivity contribution in [3.63, 3.8) is 0 Å². The van der Waals surface area contributed by atoms with Crippen LogP contribution in [0.4, 0.5) is 4.79 Å². The predicted octanol–water partition coefficient (Wildman–Crippen LogP) is 2.85. The molecule has 6 amide bonds. The number of rotatable bonds is 41. The lowest BCUT2D eigenvalue weighted by molar-refractivity contribution is -0.144. The summed E-state index contributed by atoms with van der Waals surface area (Å²) >= 11 is 0. The van der Waals surface area contributed by atoms with Gasteiger partial charge in [-0.25, -0.2) is 4.79 Å². The first kappa shape index (κ1) is 71.9. The van der Waals surface area contributed by atoms with E-state index in [2.05, 4.69) is 31.9 Å². The van der Waals surface area contributed by atoms with Crippen molar-refractivity contribution in [3.8, 4) is 0 Å². The number of amides is 6. The van der Waals surface area contributed by atoms with Crippen LogP contribution in [0.25, 0.3) is 0 Å². The van der Waals surface area contributed by atoms with Crippen LogP contribution in [0.5, 0.6) is 0 Å². The van der Waals surface area contributed by atoms with E-state index in [1.54, 1.807) is 51.1 Å². The van der Waals surface area contributed by atoms with Crippen molar-refractivity contribution in [2.24, 2.45) is 5.92 Å². The SMILES string of the molecule is CCC(=N)CCCC[C@@H]1NC(=O)[C@H](CCC(=O)NCCOCCOCCOCCOCCOCCOCC(=O)C[C@@H](CCCCNC(=O)OC(C)(C)C)C(=O)O)NC(=O)[C@@H](Cc2ccccc2)NC(=O)[C@H](CC(C)=O)NC(=O)CCC1=O. The fraction of sp³-hybridized carbons (Fsp3) is 0.702. The Hall–Kier alpha value is -6.25. The summed E-state index contributed by atoms with van der Waals surface area (Å²) in [5, 5.41) is 33.5. The predicted molar refractivity (Wildman–Crippen MR) is 300 cm³/mol. The second kappa shape index (κ2) is 42.6. The number of Topliss-reactive ketones (excluding diaryl/α,β-unsaturated/α-hetero) is 3. The maximum absolute atomic E-state index is 14.1. The summed E-state index contributed by atoms with van der Waals surface area (Å²) in [6.45, 7) is 11.6. The summed E-state index contributed by atoms with van der Waals surface area (Å²) in [6.07, 6.45) is 1.62. The van der Waals surface area contributed by atoms with Crippen molar-refractivity contribution >= 4 is 64.7 Å². The van der Waals surface area contributed by atoms with E-state index in [9.17, 15) is 53.1 Å². The van der Waals surface area contributed by atoms with E-state index >= 15 is 0 Å². The third-order valence-electron chi connectivity index (χ3n) is 12.5. The minimum Gasteiger partial charge on any atom is -0.481 e. The summed E-state index contributed by atoms with van der Waals surface area (Å²) < 4.78 is 38.0. The van der Waals surface area contributed by atoms with Crippen LogP contribution >= 0.6 is 0 Å². The molecule has 25 heteroatoms. The van der Waals surface area contributed by atoms with Gasteiger partial charge in [0.25, 0.3) is 0 Å². The molecule has 0 radical (unpaired) electrons. The Morgan fingerprint density at radius 1 is 0.646 bits per heavy atom. The van der Waals surface area contributed by atoms with Gasteiger partial charge in [0.15, 0.2) is 11.6 Å². The highest BCUT2D eigenvalue weighted by Crippen LogP contribution is 2.16. The molecule has 1 aromatic carbocycles. The van der Waals surface area contributed by atoms with Crippen molar-refractivity contribution in [3.05, 3.63) is 35.9 Å². The van der Waals surface area contributed by atoms with Crippen LogP contribution in [0.15, 0.2) is 30.3 Å². The van der Waals surface area contributed by atoms with E-state index in [1.807, 2.05) is 6.92 Å². The zero-order valence-corrected chi connectivity index (χ0v) is 48.7. The van der Waals surface area contributed by atoms with Crippen LogP contribution in [0.1, 0.15) is 130 Å². The van der Waals surface area contributed by atoms with Gasteiger partial charge < -0.3 is 75.6 Å². The molecule has 1 fully saturated rings. The molecule has 1 aliphatic heterocycles. The molecular formula is C57H91N7O18. The molecule has 5 atom stereocenters. The highest BCUT2D eigenvalue weighted by atomic mass is 16.6. The molecule has 0 saturated carbocycles. The number of ketones is 3. The minimum absolute atomic E-state index is 0.0185. The number of hydrogen-bond donors (Lipinski definition) is 8. The number of unbranched alkanes of at least 4 members (excludes halogenated alkanes) is 2. The van der Waals surface area contributed by atoms with Gasteiger partial charge in [-0.15, -0.1) is 0 Å². The first-order valence-corrected chi connectivity index (χ1v) is 28.4. The Kier molecular flexibility index (Phi) is 37.3. The monoisotopic (exact) mass is 1160 g/mol. The number of carboxylic acids is 1. The number of ether oxygens (including phenoxy) is 7. The fourth-order valence-corrected chi connectivity index (χ4v) is 8.08. The Bertz CT molecular complexity index is 2140. The maximum Gasteiger partial charge on any atom is 0.407 e. The maximum atomic E-state index is 14.1. The van der Waals surface area contributed by atoms with Crippen LogP contribution in [0.2, 0.25) is 0 Å². The lowest BCUT2D eigenvalue weighted by Gasteiger charge is -2.26. The van der Waals surface area contributed by atoms with Gasteiger partial charge in [-0.1, -0.05) is 50.1 Å². The van der Waals surface area contributed by atoms with Gasteiger partial charge in [-0.3, -0.25) is 43.2 Å². The zero-order chi connectivity index (χ0) is 60.5. The van der Waals surface area contributed by atoms with Crippen LogP contribution < -0.4 is 31.9 Å². The van der Waals surface area contributed by atoms with Crippen LogP contribution in [0, 0.1) is 11.3 Å². The van der Waals surface area contributed by atoms with Crippen molar-refractivity contribution in [1.29, 1.82) is 5.41 Å². The lowest BCUT2D eigenvalue weighted by atomic mass is 9.96. The van der Waals surface area contributed by atoms with E-state index in [0.717, 1.165) is 0 Å². The molecule has 462 valence electrons. The summed E-state index contributed by atoms with van der Waals surface area (Å²) in [6, 6.07) is 3.78. The van der Waals surface area contributed by atoms with Crippen molar-refractivity contribution in [1.82, 2.24) is 31.9 Å². The number of alkyl carbamates (subject to hydrolysis) is 1. The molecule has 2 rings (SSSR count). The third kappa shape index (κ3) is 35.6. The number of carboxylic acid groups (broad SMARTS) is 1. The number of hydrogen-bond acceptors (Lipinski definition) is 18. The van der Waals surface area contributed by atoms with Gasteiger partial charge in [0.2, 0.25) is 29.5 Å². The first-order chi connectivity index (χ1) is 39.2. The lowest BCUT2D eigenvalue weighted by Crippen LogP contribution is -2.58. The summed E-state index contributed by atoms with van der Waals surface area (Å²) in [7, 11) is 0. The molecule has 25 nitrogen and oxygen atoms in total. The van der Waals surface area contributed by atoms with Gasteiger partial charge in [-0.2, -0.15) is 0 Å². The van der Waals surface area contributed by atoms with Crippen molar-refractivity contribution < 1.29 is 86.2 Å². The topological polar surface area (TPSA) is 352 Å². The first-order valence-electron chi connectivity index (χ1n) is 28.4. The van der Waals surface area contributed by atoms with E-state index in [0.29, 0.717) is 102 Å². The minimum atomic E-state index is -1.34. The van der Waals surface area contributed by atoms with Gasteiger partial charge >= 0.3 is 12.1 Å². The second-order valence-corrected chi connectivity index (χ2v) is 20.8. The molecule has 0 aromatic heterocycles. The average Bonchev–Trinajstić information content (AvgIpc) is 3.42. The summed E-state index contributed by atoms with van der Waals surface area (Å²) in [5.74, 6) is -6.49. The molecule has 8 N–H and O–H groups in total. The number of nitrogens with one attached hydrogen (secondary N) is 7. The third-order valence-corrected chi connectivity index (χ3v) is 12.5. The molecule has 0 aliphatic carbocycles. The number of carbonyl (C=O) groups is 10. The van der Waals surface area contributed by atoms with Crippen LogP contribution in [-0.2, 0) is 82.7 Å². The van der Waals surface area contributed by atoms with Gasteiger partial charge in [-0.05, 0) is 78.2 Å². The smallest absolute Gasteiger partial charge is 0.407 e. The van der Waals surface area contributed by atoms with Crippen molar-refractivity contribution in [2.45, 2.75) is 161 Å². The molecule has 82 heavy (non-hydrogen) atoms.